The van der Waals surface area contributed by atoms with Crippen molar-refractivity contribution >= 4 is 5.97 Å². The molecule has 15 heavy (non-hydrogen) atoms. The highest BCUT2D eigenvalue weighted by Crippen LogP contribution is 2.38. The fraction of sp³-hybridized carbons (Fsp3) is 0.636. The average molecular weight is 208 g/mol. The molecule has 4 nitrogen and oxygen atoms in total. The van der Waals surface area contributed by atoms with Gasteiger partial charge in [-0.05, 0) is 12.8 Å². The lowest BCUT2D eigenvalue weighted by Crippen LogP contribution is -2.19. The van der Waals surface area contributed by atoms with Crippen LogP contribution in [0.2, 0.25) is 0 Å². The molecule has 2 rings (SSSR count). The van der Waals surface area contributed by atoms with Crippen LogP contribution in [0.4, 0.5) is 0 Å². The average Bonchev–Trinajstić information content (AvgIpc) is 2.85. The molecule has 0 aromatic carbocycles. The Morgan fingerprint density at radius 1 is 1.53 bits per heavy atom. The van der Waals surface area contributed by atoms with Crippen LogP contribution in [0.1, 0.15) is 48.9 Å². The van der Waals surface area contributed by atoms with E-state index < -0.39 is 0 Å². The number of carbonyl (C=O) groups excluding carboxylic acids is 1. The number of hydrogen-bond donors (Lipinski definition) is 1. The normalized spacial score (nSPS) is 19.1. The fourth-order valence-electron chi connectivity index (χ4n) is 2.23. The largest absolute Gasteiger partial charge is 0.464 e. The Labute approximate surface area is 89.0 Å². The molecule has 0 atom stereocenters. The maximum atomic E-state index is 11.3. The van der Waals surface area contributed by atoms with Gasteiger partial charge in [-0.2, -0.15) is 0 Å². The Morgan fingerprint density at radius 2 is 2.20 bits per heavy atom. The Bertz CT molecular complexity index is 364. The van der Waals surface area contributed by atoms with Gasteiger partial charge in [-0.25, -0.2) is 9.78 Å². The first-order valence-corrected chi connectivity index (χ1v) is 5.29. The number of rotatable bonds is 2. The van der Waals surface area contributed by atoms with E-state index in [1.54, 1.807) is 6.20 Å². The van der Waals surface area contributed by atoms with Gasteiger partial charge in [-0.3, -0.25) is 0 Å². The van der Waals surface area contributed by atoms with Crippen molar-refractivity contribution in [3.05, 3.63) is 17.7 Å². The molecule has 1 aromatic heterocycles. The van der Waals surface area contributed by atoms with Crippen molar-refractivity contribution in [2.75, 3.05) is 7.11 Å². The monoisotopic (exact) mass is 208 g/mol. The molecule has 0 saturated heterocycles. The summed E-state index contributed by atoms with van der Waals surface area (Å²) in [5, 5.41) is 0. The van der Waals surface area contributed by atoms with E-state index in [1.807, 2.05) is 0 Å². The van der Waals surface area contributed by atoms with E-state index in [-0.39, 0.29) is 11.4 Å². The maximum absolute atomic E-state index is 11.3. The first kappa shape index (κ1) is 10.2. The molecule has 1 fully saturated rings. The number of nitrogens with one attached hydrogen (secondary N) is 1. The van der Waals surface area contributed by atoms with Gasteiger partial charge in [0, 0.05) is 5.41 Å². The van der Waals surface area contributed by atoms with Crippen molar-refractivity contribution in [1.82, 2.24) is 9.97 Å². The maximum Gasteiger partial charge on any atom is 0.356 e. The zero-order valence-corrected chi connectivity index (χ0v) is 9.17. The second kappa shape index (κ2) is 3.68. The van der Waals surface area contributed by atoms with E-state index in [1.165, 1.54) is 20.0 Å². The molecule has 1 aromatic rings. The van der Waals surface area contributed by atoms with Crippen molar-refractivity contribution < 1.29 is 9.53 Å². The SMILES string of the molecule is COC(=O)c1cnc(C2(C)CCCC2)[nH]1. The molecule has 1 N–H and O–H groups in total. The van der Waals surface area contributed by atoms with Gasteiger partial charge < -0.3 is 9.72 Å². The zero-order chi connectivity index (χ0) is 10.9. The number of imidazole rings is 1. The quantitative estimate of drug-likeness (QED) is 0.756. The van der Waals surface area contributed by atoms with Crippen molar-refractivity contribution in [3.63, 3.8) is 0 Å². The summed E-state index contributed by atoms with van der Waals surface area (Å²) in [7, 11) is 1.38. The number of hydrogen-bond acceptors (Lipinski definition) is 3. The number of H-pyrrole nitrogens is 1. The van der Waals surface area contributed by atoms with Gasteiger partial charge in [0.2, 0.25) is 0 Å². The molecule has 0 aliphatic heterocycles. The highest BCUT2D eigenvalue weighted by atomic mass is 16.5. The number of esters is 1. The van der Waals surface area contributed by atoms with Crippen molar-refractivity contribution in [2.45, 2.75) is 38.0 Å². The zero-order valence-electron chi connectivity index (χ0n) is 9.17. The molecule has 1 saturated carbocycles. The highest BCUT2D eigenvalue weighted by molar-refractivity contribution is 5.86. The smallest absolute Gasteiger partial charge is 0.356 e. The van der Waals surface area contributed by atoms with Crippen LogP contribution in [-0.4, -0.2) is 23.0 Å². The highest BCUT2D eigenvalue weighted by Gasteiger charge is 2.33. The summed E-state index contributed by atoms with van der Waals surface area (Å²) >= 11 is 0. The van der Waals surface area contributed by atoms with Crippen LogP contribution in [-0.2, 0) is 10.2 Å². The van der Waals surface area contributed by atoms with Crippen LogP contribution in [0.3, 0.4) is 0 Å². The lowest BCUT2D eigenvalue weighted by Gasteiger charge is -2.19. The summed E-state index contributed by atoms with van der Waals surface area (Å²) in [4.78, 5) is 18.6. The third-order valence-electron chi connectivity index (χ3n) is 3.26. The van der Waals surface area contributed by atoms with E-state index in [4.69, 9.17) is 0 Å². The van der Waals surface area contributed by atoms with Gasteiger partial charge in [0.15, 0.2) is 0 Å². The van der Waals surface area contributed by atoms with E-state index in [0.717, 1.165) is 18.7 Å². The van der Waals surface area contributed by atoms with Crippen LogP contribution in [0.25, 0.3) is 0 Å². The van der Waals surface area contributed by atoms with Crippen LogP contribution in [0.5, 0.6) is 0 Å². The Morgan fingerprint density at radius 3 is 2.80 bits per heavy atom. The van der Waals surface area contributed by atoms with E-state index >= 15 is 0 Å². The molecule has 1 aliphatic rings. The number of aromatic nitrogens is 2. The first-order valence-electron chi connectivity index (χ1n) is 5.29. The number of nitrogens with zero attached hydrogens (tertiary/aromatic N) is 1. The Hall–Kier alpha value is -1.32. The molecule has 0 amide bonds. The minimum atomic E-state index is -0.352. The number of carbonyl (C=O) groups is 1. The summed E-state index contributed by atoms with van der Waals surface area (Å²) in [6, 6.07) is 0. The van der Waals surface area contributed by atoms with Crippen molar-refractivity contribution in [1.29, 1.82) is 0 Å². The topological polar surface area (TPSA) is 55.0 Å². The summed E-state index contributed by atoms with van der Waals surface area (Å²) < 4.78 is 4.63. The molecule has 0 spiro atoms. The molecule has 1 heterocycles. The Balaban J connectivity index is 2.23. The van der Waals surface area contributed by atoms with Gasteiger partial charge in [0.1, 0.15) is 11.5 Å². The van der Waals surface area contributed by atoms with Crippen LogP contribution in [0, 0.1) is 0 Å². The molecule has 82 valence electrons. The van der Waals surface area contributed by atoms with Crippen molar-refractivity contribution in [3.8, 4) is 0 Å². The third-order valence-corrected chi connectivity index (χ3v) is 3.26. The number of aromatic amines is 1. The van der Waals surface area contributed by atoms with Crippen LogP contribution >= 0.6 is 0 Å². The van der Waals surface area contributed by atoms with Gasteiger partial charge in [0.05, 0.1) is 13.3 Å². The van der Waals surface area contributed by atoms with Gasteiger partial charge in [0.25, 0.3) is 0 Å². The van der Waals surface area contributed by atoms with Crippen LogP contribution < -0.4 is 0 Å². The molecule has 4 heteroatoms. The van der Waals surface area contributed by atoms with Gasteiger partial charge in [-0.1, -0.05) is 19.8 Å². The predicted molar refractivity (Wildman–Crippen MR) is 55.7 cm³/mol. The van der Waals surface area contributed by atoms with Gasteiger partial charge in [-0.15, -0.1) is 0 Å². The second-order valence-electron chi connectivity index (χ2n) is 4.40. The van der Waals surface area contributed by atoms with E-state index in [9.17, 15) is 4.79 Å². The number of methoxy groups -OCH3 is 1. The minimum absolute atomic E-state index is 0.117. The minimum Gasteiger partial charge on any atom is -0.464 e. The summed E-state index contributed by atoms with van der Waals surface area (Å²) in [5.74, 6) is 0.566. The summed E-state index contributed by atoms with van der Waals surface area (Å²) in [5.41, 5.74) is 0.562. The molecular formula is C11H16N2O2. The van der Waals surface area contributed by atoms with E-state index in [0.29, 0.717) is 5.69 Å². The lowest BCUT2D eigenvalue weighted by molar-refractivity contribution is 0.0594. The van der Waals surface area contributed by atoms with E-state index in [2.05, 4.69) is 21.6 Å². The Kier molecular flexibility index (Phi) is 2.50. The summed E-state index contributed by atoms with van der Waals surface area (Å²) in [6.07, 6.45) is 6.32. The number of ether oxygens (including phenoxy) is 1. The molecule has 0 unspecified atom stereocenters. The second-order valence-corrected chi connectivity index (χ2v) is 4.40. The summed E-state index contributed by atoms with van der Waals surface area (Å²) in [6.45, 7) is 2.19. The predicted octanol–water partition coefficient (Wildman–Crippen LogP) is 2.03. The molecular weight excluding hydrogens is 192 g/mol. The lowest BCUT2D eigenvalue weighted by atomic mass is 9.88. The first-order chi connectivity index (χ1) is 7.15. The van der Waals surface area contributed by atoms with Crippen LogP contribution in [0.15, 0.2) is 6.20 Å². The fourth-order valence-corrected chi connectivity index (χ4v) is 2.23. The van der Waals surface area contributed by atoms with Gasteiger partial charge >= 0.3 is 5.97 Å². The molecule has 0 radical (unpaired) electrons. The third kappa shape index (κ3) is 1.76. The molecule has 1 aliphatic carbocycles. The van der Waals surface area contributed by atoms with Crippen molar-refractivity contribution in [2.24, 2.45) is 0 Å². The standard InChI is InChI=1S/C11H16N2O2/c1-11(5-3-4-6-11)10-12-7-8(13-10)9(14)15-2/h7H,3-6H2,1-2H3,(H,12,13). The molecule has 0 bridgehead atoms.